The number of phenolic OH excluding ortho intramolecular Hbond substituents is 1. The number of rotatable bonds is 5. The Hall–Kier alpha value is -2.57. The van der Waals surface area contributed by atoms with Gasteiger partial charge in [0.15, 0.2) is 5.96 Å². The van der Waals surface area contributed by atoms with Gasteiger partial charge in [-0.05, 0) is 31.5 Å². The summed E-state index contributed by atoms with van der Waals surface area (Å²) in [5, 5.41) is 22.9. The summed E-state index contributed by atoms with van der Waals surface area (Å²) in [5.41, 5.74) is -0.408. The molecule has 0 saturated carbocycles. The largest absolute Gasteiger partial charge is 0.508 e. The van der Waals surface area contributed by atoms with Crippen LogP contribution in [0.25, 0.3) is 0 Å². The van der Waals surface area contributed by atoms with Crippen LogP contribution in [0.2, 0.25) is 0 Å². The van der Waals surface area contributed by atoms with Crippen molar-refractivity contribution in [3.63, 3.8) is 0 Å². The molecular weight excluding hydrogens is 284 g/mol. The Balaban J connectivity index is 2.13. The summed E-state index contributed by atoms with van der Waals surface area (Å²) < 4.78 is 0. The molecule has 4 N–H and O–H groups in total. The Morgan fingerprint density at radius 2 is 2.23 bits per heavy atom. The smallest absolute Gasteiger partial charge is 0.255 e. The third-order valence-electron chi connectivity index (χ3n) is 3.52. The number of benzene rings is 1. The van der Waals surface area contributed by atoms with Crippen LogP contribution in [0.15, 0.2) is 24.3 Å². The Morgan fingerprint density at radius 1 is 1.50 bits per heavy atom. The second-order valence-electron chi connectivity index (χ2n) is 5.50. The van der Waals surface area contributed by atoms with Gasteiger partial charge in [0.1, 0.15) is 11.3 Å². The number of phenols is 1. The van der Waals surface area contributed by atoms with Crippen LogP contribution in [0.4, 0.5) is 0 Å². The molecule has 118 valence electrons. The van der Waals surface area contributed by atoms with Crippen molar-refractivity contribution in [1.29, 1.82) is 5.41 Å². The fourth-order valence-electron chi connectivity index (χ4n) is 2.47. The molecule has 1 aliphatic rings. The molecule has 0 aliphatic carbocycles. The van der Waals surface area contributed by atoms with Crippen LogP contribution in [0, 0.1) is 5.41 Å². The second kappa shape index (κ2) is 6.05. The first kappa shape index (κ1) is 15.8. The number of guanidine groups is 1. The Kier molecular flexibility index (Phi) is 4.35. The predicted molar refractivity (Wildman–Crippen MR) is 81.2 cm³/mol. The molecule has 0 aromatic heterocycles. The molecule has 2 rings (SSSR count). The van der Waals surface area contributed by atoms with E-state index in [1.807, 2.05) is 0 Å². The van der Waals surface area contributed by atoms with Crippen molar-refractivity contribution in [2.45, 2.75) is 32.4 Å². The lowest BCUT2D eigenvalue weighted by Gasteiger charge is -2.21. The highest BCUT2D eigenvalue weighted by molar-refractivity contribution is 6.09. The molecule has 1 heterocycles. The van der Waals surface area contributed by atoms with Crippen LogP contribution in [0.5, 0.6) is 5.75 Å². The number of hydrogen-bond donors (Lipinski definition) is 4. The van der Waals surface area contributed by atoms with Crippen molar-refractivity contribution < 1.29 is 14.7 Å². The summed E-state index contributed by atoms with van der Waals surface area (Å²) in [6, 6.07) is 6.52. The van der Waals surface area contributed by atoms with Gasteiger partial charge >= 0.3 is 0 Å². The average Bonchev–Trinajstić information content (AvgIpc) is 2.62. The van der Waals surface area contributed by atoms with Crippen molar-refractivity contribution in [2.75, 3.05) is 6.54 Å². The van der Waals surface area contributed by atoms with E-state index in [9.17, 15) is 14.7 Å². The molecule has 2 amide bonds. The number of amides is 2. The van der Waals surface area contributed by atoms with E-state index in [0.717, 1.165) is 0 Å². The maximum absolute atomic E-state index is 12.5. The molecule has 1 aromatic rings. The highest BCUT2D eigenvalue weighted by Gasteiger charge is 2.47. The van der Waals surface area contributed by atoms with Gasteiger partial charge in [0.05, 0.1) is 13.0 Å². The van der Waals surface area contributed by atoms with E-state index in [-0.39, 0.29) is 36.5 Å². The average molecular weight is 304 g/mol. The Bertz CT molecular complexity index is 617. The van der Waals surface area contributed by atoms with E-state index in [2.05, 4.69) is 10.6 Å². The van der Waals surface area contributed by atoms with Gasteiger partial charge in [0.2, 0.25) is 5.91 Å². The van der Waals surface area contributed by atoms with Gasteiger partial charge in [-0.25, -0.2) is 0 Å². The van der Waals surface area contributed by atoms with Gasteiger partial charge < -0.3 is 15.7 Å². The van der Waals surface area contributed by atoms with Gasteiger partial charge in [-0.15, -0.1) is 0 Å². The maximum atomic E-state index is 12.5. The predicted octanol–water partition coefficient (Wildman–Crippen LogP) is 0.544. The Labute approximate surface area is 128 Å². The molecule has 22 heavy (non-hydrogen) atoms. The number of aromatic hydroxyl groups is 1. The molecule has 1 unspecified atom stereocenters. The van der Waals surface area contributed by atoms with E-state index in [4.69, 9.17) is 5.41 Å². The molecule has 7 heteroatoms. The van der Waals surface area contributed by atoms with Gasteiger partial charge in [0, 0.05) is 6.54 Å². The zero-order valence-electron chi connectivity index (χ0n) is 12.6. The number of nitrogens with one attached hydrogen (secondary N) is 3. The van der Waals surface area contributed by atoms with Crippen molar-refractivity contribution in [3.05, 3.63) is 29.8 Å². The van der Waals surface area contributed by atoms with Crippen LogP contribution in [-0.2, 0) is 16.1 Å². The minimum Gasteiger partial charge on any atom is -0.508 e. The SMILES string of the molecule is CCNC(=O)CC1(C)NC(=N)N(Cc2cccc(O)c2)C1=O. The first-order valence-electron chi connectivity index (χ1n) is 7.09. The second-order valence-corrected chi connectivity index (χ2v) is 5.50. The molecule has 1 aromatic carbocycles. The van der Waals surface area contributed by atoms with E-state index < -0.39 is 5.54 Å². The van der Waals surface area contributed by atoms with E-state index >= 15 is 0 Å². The van der Waals surface area contributed by atoms with Crippen molar-refractivity contribution in [3.8, 4) is 5.75 Å². The van der Waals surface area contributed by atoms with E-state index in [0.29, 0.717) is 12.1 Å². The van der Waals surface area contributed by atoms with Gasteiger partial charge in [-0.1, -0.05) is 12.1 Å². The number of carbonyl (C=O) groups excluding carboxylic acids is 2. The number of hydrogen-bond acceptors (Lipinski definition) is 4. The number of nitrogens with zero attached hydrogens (tertiary/aromatic N) is 1. The third-order valence-corrected chi connectivity index (χ3v) is 3.52. The van der Waals surface area contributed by atoms with Crippen LogP contribution in [-0.4, -0.2) is 39.9 Å². The summed E-state index contributed by atoms with van der Waals surface area (Å²) >= 11 is 0. The molecule has 0 spiro atoms. The van der Waals surface area contributed by atoms with Crippen LogP contribution in [0.1, 0.15) is 25.8 Å². The highest BCUT2D eigenvalue weighted by atomic mass is 16.3. The molecule has 1 saturated heterocycles. The molecule has 1 aliphatic heterocycles. The van der Waals surface area contributed by atoms with Gasteiger partial charge in [-0.3, -0.25) is 19.9 Å². The van der Waals surface area contributed by atoms with Crippen molar-refractivity contribution in [1.82, 2.24) is 15.5 Å². The van der Waals surface area contributed by atoms with E-state index in [1.54, 1.807) is 32.0 Å². The summed E-state index contributed by atoms with van der Waals surface area (Å²) in [4.78, 5) is 25.6. The quantitative estimate of drug-likeness (QED) is 0.637. The van der Waals surface area contributed by atoms with Gasteiger partial charge in [-0.2, -0.15) is 0 Å². The monoisotopic (exact) mass is 304 g/mol. The van der Waals surface area contributed by atoms with Crippen LogP contribution in [0.3, 0.4) is 0 Å². The molecular formula is C15H20N4O3. The minimum absolute atomic E-state index is 0.0292. The standard InChI is InChI=1S/C15H20N4O3/c1-3-17-12(21)8-15(2)13(22)19(14(16)18-15)9-10-5-4-6-11(20)7-10/h4-7,20H,3,8-9H2,1-2H3,(H2,16,18)(H,17,21). The lowest BCUT2D eigenvalue weighted by atomic mass is 9.97. The first-order valence-corrected chi connectivity index (χ1v) is 7.09. The van der Waals surface area contributed by atoms with Gasteiger partial charge in [0.25, 0.3) is 5.91 Å². The molecule has 1 atom stereocenters. The molecule has 0 radical (unpaired) electrons. The molecule has 0 bridgehead atoms. The van der Waals surface area contributed by atoms with E-state index in [1.165, 1.54) is 11.0 Å². The van der Waals surface area contributed by atoms with Crippen molar-refractivity contribution in [2.24, 2.45) is 0 Å². The number of carbonyl (C=O) groups is 2. The summed E-state index contributed by atoms with van der Waals surface area (Å²) in [7, 11) is 0. The molecule has 1 fully saturated rings. The third kappa shape index (κ3) is 3.19. The lowest BCUT2D eigenvalue weighted by Crippen LogP contribution is -2.47. The minimum atomic E-state index is -1.12. The summed E-state index contributed by atoms with van der Waals surface area (Å²) in [5.74, 6) is -0.501. The zero-order chi connectivity index (χ0) is 16.3. The Morgan fingerprint density at radius 3 is 2.86 bits per heavy atom. The summed E-state index contributed by atoms with van der Waals surface area (Å²) in [6.07, 6.45) is -0.0292. The topological polar surface area (TPSA) is 106 Å². The lowest BCUT2D eigenvalue weighted by molar-refractivity contribution is -0.134. The van der Waals surface area contributed by atoms with Crippen LogP contribution >= 0.6 is 0 Å². The first-order chi connectivity index (χ1) is 10.4. The van der Waals surface area contributed by atoms with Crippen LogP contribution < -0.4 is 10.6 Å². The fraction of sp³-hybridized carbons (Fsp3) is 0.400. The molecule has 7 nitrogen and oxygen atoms in total. The zero-order valence-corrected chi connectivity index (χ0v) is 12.6. The van der Waals surface area contributed by atoms with Crippen molar-refractivity contribution >= 4 is 17.8 Å². The summed E-state index contributed by atoms with van der Waals surface area (Å²) in [6.45, 7) is 4.08. The normalized spacial score (nSPS) is 20.9. The maximum Gasteiger partial charge on any atom is 0.255 e. The fourth-order valence-corrected chi connectivity index (χ4v) is 2.47. The highest BCUT2D eigenvalue weighted by Crippen LogP contribution is 2.23.